The highest BCUT2D eigenvalue weighted by molar-refractivity contribution is 8.13. The molecule has 0 aliphatic heterocycles. The molecule has 17 heavy (non-hydrogen) atoms. The van der Waals surface area contributed by atoms with Crippen molar-refractivity contribution in [2.75, 3.05) is 5.75 Å². The van der Waals surface area contributed by atoms with Gasteiger partial charge in [-0.05, 0) is 6.42 Å². The number of hydrogen-bond acceptors (Lipinski definition) is 4. The fourth-order valence-electron chi connectivity index (χ4n) is 0.818. The van der Waals surface area contributed by atoms with Crippen LogP contribution in [0.4, 0.5) is 13.2 Å². The quantitative estimate of drug-likeness (QED) is 0.773. The lowest BCUT2D eigenvalue weighted by molar-refractivity contribution is -0.175. The van der Waals surface area contributed by atoms with E-state index in [1.165, 1.54) is 12.2 Å². The lowest BCUT2D eigenvalue weighted by Crippen LogP contribution is -2.47. The summed E-state index contributed by atoms with van der Waals surface area (Å²) in [7, 11) is 0. The van der Waals surface area contributed by atoms with E-state index in [4.69, 9.17) is 5.11 Å². The van der Waals surface area contributed by atoms with Crippen LogP contribution in [0.5, 0.6) is 0 Å². The molecule has 2 N–H and O–H groups in total. The van der Waals surface area contributed by atoms with Crippen LogP contribution in [0.15, 0.2) is 0 Å². The van der Waals surface area contributed by atoms with E-state index in [2.05, 4.69) is 0 Å². The summed E-state index contributed by atoms with van der Waals surface area (Å²) in [5, 5.41) is 9.64. The fraction of sp³-hybridized carbons (Fsp3) is 0.625. The minimum atomic E-state index is -5.12. The lowest BCUT2D eigenvalue weighted by Gasteiger charge is -2.14. The van der Waals surface area contributed by atoms with Crippen molar-refractivity contribution < 1.29 is 32.7 Å². The number of carbonyl (C=O) groups is 3. The van der Waals surface area contributed by atoms with E-state index in [9.17, 15) is 27.6 Å². The maximum absolute atomic E-state index is 11.9. The monoisotopic (exact) mass is 273 g/mol. The number of carboxylic acid groups (broad SMARTS) is 1. The van der Waals surface area contributed by atoms with Gasteiger partial charge in [-0.2, -0.15) is 13.2 Å². The Hall–Kier alpha value is -1.25. The third-order valence-electron chi connectivity index (χ3n) is 1.57. The van der Waals surface area contributed by atoms with Crippen molar-refractivity contribution in [3.8, 4) is 0 Å². The van der Waals surface area contributed by atoms with Crippen LogP contribution in [0.2, 0.25) is 0 Å². The number of thioether (sulfide) groups is 1. The predicted molar refractivity (Wildman–Crippen MR) is 53.4 cm³/mol. The van der Waals surface area contributed by atoms with Gasteiger partial charge in [-0.3, -0.25) is 9.59 Å². The van der Waals surface area contributed by atoms with E-state index in [-0.39, 0.29) is 17.3 Å². The number of hydrogen-bond donors (Lipinski definition) is 2. The van der Waals surface area contributed by atoms with Gasteiger partial charge >= 0.3 is 18.1 Å². The molecule has 0 rings (SSSR count). The zero-order valence-electron chi connectivity index (χ0n) is 8.71. The molecular formula is C8H10F3NO4S. The molecule has 0 radical (unpaired) electrons. The van der Waals surface area contributed by atoms with Crippen LogP contribution in [0, 0.1) is 0 Å². The van der Waals surface area contributed by atoms with Gasteiger partial charge in [-0.25, -0.2) is 4.79 Å². The first-order valence-electron chi connectivity index (χ1n) is 4.38. The summed E-state index contributed by atoms with van der Waals surface area (Å²) in [6.45, 7) is 1.24. The second kappa shape index (κ2) is 6.48. The van der Waals surface area contributed by atoms with Crippen molar-refractivity contribution in [1.82, 2.24) is 5.32 Å². The Morgan fingerprint density at radius 2 is 1.88 bits per heavy atom. The van der Waals surface area contributed by atoms with E-state index in [0.717, 1.165) is 11.8 Å². The van der Waals surface area contributed by atoms with Gasteiger partial charge in [0, 0.05) is 12.7 Å². The Labute approximate surface area is 98.7 Å². The van der Waals surface area contributed by atoms with E-state index in [0.29, 0.717) is 0 Å². The summed E-state index contributed by atoms with van der Waals surface area (Å²) >= 11 is 0.777. The van der Waals surface area contributed by atoms with Gasteiger partial charge in [0.15, 0.2) is 5.12 Å². The minimum Gasteiger partial charge on any atom is -0.480 e. The average Bonchev–Trinajstić information content (AvgIpc) is 2.13. The SMILES string of the molecule is CC(=O)SCCC(NC(=O)C(F)(F)F)C(=O)O. The second-order valence-corrected chi connectivity index (χ2v) is 4.26. The highest BCUT2D eigenvalue weighted by atomic mass is 32.2. The lowest BCUT2D eigenvalue weighted by atomic mass is 10.2. The summed E-state index contributed by atoms with van der Waals surface area (Å²) < 4.78 is 35.6. The van der Waals surface area contributed by atoms with Crippen molar-refractivity contribution in [3.05, 3.63) is 0 Å². The molecule has 0 aliphatic rings. The molecule has 0 fully saturated rings. The number of halogens is 3. The summed E-state index contributed by atoms with van der Waals surface area (Å²) in [5.74, 6) is -3.87. The van der Waals surface area contributed by atoms with Gasteiger partial charge in [-0.1, -0.05) is 11.8 Å². The number of carbonyl (C=O) groups excluding carboxylic acids is 2. The Kier molecular flexibility index (Phi) is 6.00. The summed E-state index contributed by atoms with van der Waals surface area (Å²) in [6, 6.07) is -1.66. The van der Waals surface area contributed by atoms with Gasteiger partial charge in [0.1, 0.15) is 6.04 Å². The van der Waals surface area contributed by atoms with E-state index in [1.807, 2.05) is 0 Å². The molecular weight excluding hydrogens is 263 g/mol. The maximum Gasteiger partial charge on any atom is 0.471 e. The summed E-state index contributed by atoms with van der Waals surface area (Å²) in [6.07, 6.45) is -5.39. The van der Waals surface area contributed by atoms with Crippen molar-refractivity contribution in [2.24, 2.45) is 0 Å². The molecule has 1 unspecified atom stereocenters. The zero-order valence-corrected chi connectivity index (χ0v) is 9.52. The van der Waals surface area contributed by atoms with Gasteiger partial charge in [0.05, 0.1) is 0 Å². The average molecular weight is 273 g/mol. The standard InChI is InChI=1S/C8H10F3NO4S/c1-4(13)17-3-2-5(6(14)15)12-7(16)8(9,10)11/h5H,2-3H2,1H3,(H,12,16)(H,14,15). The van der Waals surface area contributed by atoms with E-state index >= 15 is 0 Å². The zero-order chi connectivity index (χ0) is 13.6. The van der Waals surface area contributed by atoms with Crippen LogP contribution in [-0.2, 0) is 14.4 Å². The molecule has 0 heterocycles. The van der Waals surface area contributed by atoms with Crippen LogP contribution in [-0.4, -0.2) is 40.1 Å². The topological polar surface area (TPSA) is 83.5 Å². The van der Waals surface area contributed by atoms with Gasteiger partial charge in [-0.15, -0.1) is 0 Å². The second-order valence-electron chi connectivity index (χ2n) is 2.99. The first kappa shape index (κ1) is 15.8. The van der Waals surface area contributed by atoms with Gasteiger partial charge < -0.3 is 10.4 Å². The Bertz CT molecular complexity index is 318. The molecule has 0 aromatic rings. The number of amides is 1. The smallest absolute Gasteiger partial charge is 0.471 e. The number of alkyl halides is 3. The highest BCUT2D eigenvalue weighted by Gasteiger charge is 2.40. The number of rotatable bonds is 5. The molecule has 0 saturated heterocycles. The molecule has 0 bridgehead atoms. The molecule has 98 valence electrons. The first-order chi connectivity index (χ1) is 7.64. The maximum atomic E-state index is 11.9. The molecule has 0 aromatic carbocycles. The van der Waals surface area contributed by atoms with E-state index in [1.54, 1.807) is 0 Å². The molecule has 1 amide bonds. The molecule has 0 aromatic heterocycles. The van der Waals surface area contributed by atoms with Crippen molar-refractivity contribution >= 4 is 28.8 Å². The number of carboxylic acids is 1. The normalized spacial score (nSPS) is 12.9. The van der Waals surface area contributed by atoms with Crippen molar-refractivity contribution in [1.29, 1.82) is 0 Å². The molecule has 5 nitrogen and oxygen atoms in total. The Balaban J connectivity index is 4.31. The third kappa shape index (κ3) is 6.82. The molecule has 0 aliphatic carbocycles. The Morgan fingerprint density at radius 3 is 2.24 bits per heavy atom. The van der Waals surface area contributed by atoms with Crippen LogP contribution in [0.25, 0.3) is 0 Å². The van der Waals surface area contributed by atoms with E-state index < -0.39 is 24.1 Å². The summed E-state index contributed by atoms with van der Waals surface area (Å²) in [5.41, 5.74) is 0. The molecule has 0 spiro atoms. The van der Waals surface area contributed by atoms with Crippen molar-refractivity contribution in [3.63, 3.8) is 0 Å². The molecule has 9 heteroatoms. The third-order valence-corrected chi connectivity index (χ3v) is 2.42. The highest BCUT2D eigenvalue weighted by Crippen LogP contribution is 2.15. The minimum absolute atomic E-state index is 0.0183. The van der Waals surface area contributed by atoms with Crippen LogP contribution in [0.3, 0.4) is 0 Å². The largest absolute Gasteiger partial charge is 0.480 e. The fourth-order valence-corrected chi connectivity index (χ4v) is 1.46. The van der Waals surface area contributed by atoms with Crippen LogP contribution < -0.4 is 5.32 Å². The predicted octanol–water partition coefficient (Wildman–Crippen LogP) is 0.788. The Morgan fingerprint density at radius 1 is 1.35 bits per heavy atom. The first-order valence-corrected chi connectivity index (χ1v) is 5.37. The number of nitrogens with one attached hydrogen (secondary N) is 1. The van der Waals surface area contributed by atoms with Gasteiger partial charge in [0.2, 0.25) is 0 Å². The number of aliphatic carboxylic acids is 1. The van der Waals surface area contributed by atoms with Crippen LogP contribution in [0.1, 0.15) is 13.3 Å². The molecule has 1 atom stereocenters. The van der Waals surface area contributed by atoms with Crippen LogP contribution >= 0.6 is 11.8 Å². The summed E-state index contributed by atoms with van der Waals surface area (Å²) in [4.78, 5) is 31.6. The van der Waals surface area contributed by atoms with Gasteiger partial charge in [0.25, 0.3) is 0 Å². The molecule has 0 saturated carbocycles. The van der Waals surface area contributed by atoms with Crippen molar-refractivity contribution in [2.45, 2.75) is 25.6 Å².